The summed E-state index contributed by atoms with van der Waals surface area (Å²) >= 11 is 0. The molecule has 0 saturated heterocycles. The zero-order valence-electron chi connectivity index (χ0n) is 10.4. The molecule has 0 radical (unpaired) electrons. The van der Waals surface area contributed by atoms with E-state index in [4.69, 9.17) is 10.2 Å². The van der Waals surface area contributed by atoms with Crippen LogP contribution in [0.25, 0.3) is 0 Å². The summed E-state index contributed by atoms with van der Waals surface area (Å²) in [5, 5.41) is 17.1. The summed E-state index contributed by atoms with van der Waals surface area (Å²) in [4.78, 5) is 20.9. The highest BCUT2D eigenvalue weighted by molar-refractivity contribution is 5.75. The van der Waals surface area contributed by atoms with Crippen molar-refractivity contribution in [1.29, 1.82) is 0 Å². The number of aliphatic carboxylic acids is 1. The van der Waals surface area contributed by atoms with Crippen LogP contribution in [-0.2, 0) is 9.53 Å². The van der Waals surface area contributed by atoms with Gasteiger partial charge in [-0.05, 0) is 12.8 Å². The maximum absolute atomic E-state index is 10.7. The van der Waals surface area contributed by atoms with E-state index in [9.17, 15) is 9.59 Å². The van der Waals surface area contributed by atoms with E-state index in [-0.39, 0.29) is 6.42 Å². The summed E-state index contributed by atoms with van der Waals surface area (Å²) < 4.78 is 4.27. The van der Waals surface area contributed by atoms with E-state index in [0.717, 1.165) is 19.3 Å². The number of hydrogen-bond acceptors (Lipinski definition) is 3. The summed E-state index contributed by atoms with van der Waals surface area (Å²) in [6.07, 6.45) is 5.01. The van der Waals surface area contributed by atoms with Crippen LogP contribution in [0.3, 0.4) is 0 Å². The highest BCUT2D eigenvalue weighted by atomic mass is 16.7. The van der Waals surface area contributed by atoms with Crippen LogP contribution in [0, 0.1) is 0 Å². The van der Waals surface area contributed by atoms with E-state index in [1.807, 2.05) is 0 Å². The molecule has 0 aliphatic rings. The molecule has 1 unspecified atom stereocenters. The predicted octanol–water partition coefficient (Wildman–Crippen LogP) is 3.27. The molecule has 0 aliphatic heterocycles. The van der Waals surface area contributed by atoms with Crippen molar-refractivity contribution in [2.75, 3.05) is 0 Å². The van der Waals surface area contributed by atoms with Crippen LogP contribution < -0.4 is 0 Å². The first-order valence-electron chi connectivity index (χ1n) is 6.20. The van der Waals surface area contributed by atoms with Crippen molar-refractivity contribution in [1.82, 2.24) is 0 Å². The van der Waals surface area contributed by atoms with Crippen LogP contribution in [0.15, 0.2) is 0 Å². The van der Waals surface area contributed by atoms with E-state index < -0.39 is 18.2 Å². The zero-order valence-corrected chi connectivity index (χ0v) is 10.4. The highest BCUT2D eigenvalue weighted by Gasteiger charge is 2.20. The van der Waals surface area contributed by atoms with Gasteiger partial charge in [0.25, 0.3) is 0 Å². The van der Waals surface area contributed by atoms with E-state index in [1.54, 1.807) is 0 Å². The number of unbranched alkanes of at least 4 members (excludes halogenated alkanes) is 6. The van der Waals surface area contributed by atoms with Crippen molar-refractivity contribution in [3.05, 3.63) is 0 Å². The van der Waals surface area contributed by atoms with Gasteiger partial charge >= 0.3 is 12.1 Å². The summed E-state index contributed by atoms with van der Waals surface area (Å²) in [5.41, 5.74) is 0. The van der Waals surface area contributed by atoms with Crippen LogP contribution >= 0.6 is 0 Å². The molecule has 5 nitrogen and oxygen atoms in total. The van der Waals surface area contributed by atoms with E-state index in [0.29, 0.717) is 6.42 Å². The standard InChI is InChI=1S/C12H22O5/c1-2-3-4-5-6-7-8-9-10(11(13)14)17-12(15)16/h10H,2-9H2,1H3,(H,13,14)(H,15,16). The molecule has 17 heavy (non-hydrogen) atoms. The first-order chi connectivity index (χ1) is 8.07. The van der Waals surface area contributed by atoms with Gasteiger partial charge in [0.15, 0.2) is 0 Å². The van der Waals surface area contributed by atoms with Gasteiger partial charge in [-0.25, -0.2) is 9.59 Å². The Bertz CT molecular complexity index is 227. The third-order valence-electron chi connectivity index (χ3n) is 2.59. The zero-order chi connectivity index (χ0) is 13.1. The Kier molecular flexibility index (Phi) is 9.19. The average molecular weight is 246 g/mol. The van der Waals surface area contributed by atoms with Crippen molar-refractivity contribution in [3.8, 4) is 0 Å². The van der Waals surface area contributed by atoms with Crippen LogP contribution in [0.1, 0.15) is 58.3 Å². The normalized spacial score (nSPS) is 12.1. The lowest BCUT2D eigenvalue weighted by molar-refractivity contribution is -0.148. The Labute approximate surface area is 102 Å². The topological polar surface area (TPSA) is 83.8 Å². The molecule has 100 valence electrons. The molecule has 0 rings (SSSR count). The van der Waals surface area contributed by atoms with Crippen molar-refractivity contribution in [3.63, 3.8) is 0 Å². The molecule has 0 bridgehead atoms. The molecule has 0 aliphatic carbocycles. The van der Waals surface area contributed by atoms with Gasteiger partial charge < -0.3 is 14.9 Å². The highest BCUT2D eigenvalue weighted by Crippen LogP contribution is 2.11. The molecule has 0 aromatic heterocycles. The SMILES string of the molecule is CCCCCCCCCC(OC(=O)O)C(=O)O. The average Bonchev–Trinajstić information content (AvgIpc) is 2.25. The second kappa shape index (κ2) is 9.93. The lowest BCUT2D eigenvalue weighted by atomic mass is 10.1. The quantitative estimate of drug-likeness (QED) is 0.456. The number of hydrogen-bond donors (Lipinski definition) is 2. The molecule has 2 N–H and O–H groups in total. The summed E-state index contributed by atoms with van der Waals surface area (Å²) in [6.45, 7) is 2.15. The van der Waals surface area contributed by atoms with Crippen LogP contribution in [-0.4, -0.2) is 28.4 Å². The Balaban J connectivity index is 3.55. The van der Waals surface area contributed by atoms with Gasteiger partial charge in [0, 0.05) is 0 Å². The molecule has 1 atom stereocenters. The van der Waals surface area contributed by atoms with Crippen LogP contribution in [0.4, 0.5) is 4.79 Å². The predicted molar refractivity (Wildman–Crippen MR) is 63.1 cm³/mol. The molecular formula is C12H22O5. The van der Waals surface area contributed by atoms with Gasteiger partial charge in [0.05, 0.1) is 0 Å². The van der Waals surface area contributed by atoms with Gasteiger partial charge in [-0.1, -0.05) is 45.4 Å². The lowest BCUT2D eigenvalue weighted by Gasteiger charge is -2.10. The maximum Gasteiger partial charge on any atom is 0.506 e. The fourth-order valence-electron chi connectivity index (χ4n) is 1.64. The van der Waals surface area contributed by atoms with Gasteiger partial charge in [-0.15, -0.1) is 0 Å². The molecular weight excluding hydrogens is 224 g/mol. The second-order valence-electron chi connectivity index (χ2n) is 4.12. The molecule has 0 saturated carbocycles. The summed E-state index contributed by atoms with van der Waals surface area (Å²) in [7, 11) is 0. The molecule has 0 fully saturated rings. The first kappa shape index (κ1) is 15.7. The fourth-order valence-corrected chi connectivity index (χ4v) is 1.64. The Hall–Kier alpha value is -1.26. The minimum Gasteiger partial charge on any atom is -0.479 e. The van der Waals surface area contributed by atoms with Crippen molar-refractivity contribution in [2.45, 2.75) is 64.4 Å². The summed E-state index contributed by atoms with van der Waals surface area (Å²) in [5.74, 6) is -1.21. The van der Waals surface area contributed by atoms with E-state index in [2.05, 4.69) is 11.7 Å². The maximum atomic E-state index is 10.7. The number of ether oxygens (including phenoxy) is 1. The van der Waals surface area contributed by atoms with Gasteiger partial charge in [0.2, 0.25) is 6.10 Å². The van der Waals surface area contributed by atoms with Crippen molar-refractivity contribution >= 4 is 12.1 Å². The third-order valence-corrected chi connectivity index (χ3v) is 2.59. The fraction of sp³-hybridized carbons (Fsp3) is 0.833. The first-order valence-corrected chi connectivity index (χ1v) is 6.20. The summed E-state index contributed by atoms with van der Waals surface area (Å²) in [6, 6.07) is 0. The van der Waals surface area contributed by atoms with E-state index >= 15 is 0 Å². The minimum absolute atomic E-state index is 0.259. The molecule has 0 spiro atoms. The van der Waals surface area contributed by atoms with Crippen molar-refractivity contribution in [2.24, 2.45) is 0 Å². The Morgan fingerprint density at radius 1 is 1.00 bits per heavy atom. The third kappa shape index (κ3) is 9.66. The monoisotopic (exact) mass is 246 g/mol. The Morgan fingerprint density at radius 3 is 2.00 bits per heavy atom. The van der Waals surface area contributed by atoms with Gasteiger partial charge in [-0.2, -0.15) is 0 Å². The smallest absolute Gasteiger partial charge is 0.479 e. The lowest BCUT2D eigenvalue weighted by Crippen LogP contribution is -2.26. The van der Waals surface area contributed by atoms with E-state index in [1.165, 1.54) is 19.3 Å². The molecule has 5 heteroatoms. The Morgan fingerprint density at radius 2 is 1.53 bits per heavy atom. The molecule has 0 heterocycles. The second-order valence-corrected chi connectivity index (χ2v) is 4.12. The van der Waals surface area contributed by atoms with Gasteiger partial charge in [-0.3, -0.25) is 0 Å². The minimum atomic E-state index is -1.53. The van der Waals surface area contributed by atoms with Crippen molar-refractivity contribution < 1.29 is 24.5 Å². The number of carboxylic acid groups (broad SMARTS) is 2. The van der Waals surface area contributed by atoms with Crippen LogP contribution in [0.2, 0.25) is 0 Å². The van der Waals surface area contributed by atoms with Crippen LogP contribution in [0.5, 0.6) is 0 Å². The molecule has 0 aromatic carbocycles. The molecule has 0 aromatic rings. The largest absolute Gasteiger partial charge is 0.506 e. The number of carboxylic acids is 1. The number of rotatable bonds is 10. The molecule has 0 amide bonds. The van der Waals surface area contributed by atoms with Gasteiger partial charge in [0.1, 0.15) is 0 Å². The number of carbonyl (C=O) groups is 2.